The summed E-state index contributed by atoms with van der Waals surface area (Å²) in [7, 11) is 3.25. The maximum Gasteiger partial charge on any atom is 0.267 e. The highest BCUT2D eigenvalue weighted by molar-refractivity contribution is 7.86. The molecule has 4 aliphatic rings. The summed E-state index contributed by atoms with van der Waals surface area (Å²) in [6.45, 7) is 2.09. The molecule has 2 atom stereocenters. The van der Waals surface area contributed by atoms with E-state index < -0.39 is 45.0 Å². The number of nitrogen functional groups attached to an aromatic ring is 2. The number of hydrogen-bond acceptors (Lipinski definition) is 18. The SMILES string of the molecule is COc1ccc2cc1Oc1ccc(cc1)CC1c3cc(c(OC)cc3CCN1C)Oc1c(OC)c(OC)cc3c1C(C2)N(C)CC3.N=C(N)c1ccc(OCCCCCOc2ccc(C(=N)N)cc2)cc1.O=S(=O)(O)CCO.O=S(=O)(O)CCO. The lowest BCUT2D eigenvalue weighted by atomic mass is 9.87. The molecular formula is C61H78N6O16S2. The van der Waals surface area contributed by atoms with Crippen LogP contribution in [0.25, 0.3) is 0 Å². The fourth-order valence-corrected chi connectivity index (χ4v) is 10.2. The van der Waals surface area contributed by atoms with E-state index in [9.17, 15) is 16.8 Å². The number of likely N-dealkylation sites (N-methyl/N-ethyl adjacent to an activating group) is 2. The summed E-state index contributed by atoms with van der Waals surface area (Å²) in [4.78, 5) is 4.81. The van der Waals surface area contributed by atoms with E-state index in [-0.39, 0.29) is 23.8 Å². The van der Waals surface area contributed by atoms with Crippen molar-refractivity contribution in [2.45, 2.75) is 57.0 Å². The van der Waals surface area contributed by atoms with Crippen molar-refractivity contribution in [2.75, 3.05) is 93.6 Å². The minimum atomic E-state index is -3.92. The number of nitrogens with zero attached hydrogens (tertiary/aromatic N) is 2. The molecule has 10 rings (SSSR count). The van der Waals surface area contributed by atoms with Crippen LogP contribution in [-0.4, -0.2) is 151 Å². The highest BCUT2D eigenvalue weighted by atomic mass is 32.2. The first kappa shape index (κ1) is 66.5. The van der Waals surface area contributed by atoms with Crippen molar-refractivity contribution in [3.63, 3.8) is 0 Å². The number of aliphatic hydroxyl groups is 2. The molecule has 0 aromatic heterocycles. The second kappa shape index (κ2) is 31.5. The highest BCUT2D eigenvalue weighted by Crippen LogP contribution is 2.52. The molecule has 4 heterocycles. The molecule has 0 saturated heterocycles. The van der Waals surface area contributed by atoms with E-state index in [0.29, 0.717) is 64.6 Å². The molecule has 10 N–H and O–H groups in total. The number of hydrogen-bond donors (Lipinski definition) is 8. The van der Waals surface area contributed by atoms with Crippen molar-refractivity contribution < 1.29 is 74.0 Å². The number of amidine groups is 2. The summed E-state index contributed by atoms with van der Waals surface area (Å²) in [5.74, 6) is 5.94. The number of fused-ring (bicyclic) bond motifs is 2. The normalized spacial score (nSPS) is 15.3. The molecule has 24 heteroatoms. The first-order chi connectivity index (χ1) is 40.6. The van der Waals surface area contributed by atoms with Crippen LogP contribution in [0, 0.1) is 10.8 Å². The van der Waals surface area contributed by atoms with Crippen molar-refractivity contribution in [3.05, 3.63) is 154 Å². The van der Waals surface area contributed by atoms with Crippen LogP contribution < -0.4 is 49.4 Å². The molecule has 6 aromatic carbocycles. The lowest BCUT2D eigenvalue weighted by Gasteiger charge is -2.37. The van der Waals surface area contributed by atoms with Crippen LogP contribution in [0.15, 0.2) is 109 Å². The molecule has 2 unspecified atom stereocenters. The molecule has 6 aromatic rings. The zero-order chi connectivity index (χ0) is 61.8. The molecule has 0 amide bonds. The van der Waals surface area contributed by atoms with Crippen LogP contribution in [-0.2, 0) is 45.9 Å². The maximum absolute atomic E-state index is 9.63. The molecule has 460 valence electrons. The quantitative estimate of drug-likeness (QED) is 0.0176. The number of benzene rings is 6. The number of nitrogens with one attached hydrogen (secondary N) is 2. The van der Waals surface area contributed by atoms with Gasteiger partial charge >= 0.3 is 0 Å². The highest BCUT2D eigenvalue weighted by Gasteiger charge is 2.35. The number of ether oxygens (including phenoxy) is 8. The van der Waals surface area contributed by atoms with Crippen molar-refractivity contribution in [2.24, 2.45) is 11.5 Å². The first-order valence-electron chi connectivity index (χ1n) is 27.4. The van der Waals surface area contributed by atoms with E-state index in [2.05, 4.69) is 66.4 Å². The smallest absolute Gasteiger partial charge is 0.267 e. The lowest BCUT2D eigenvalue weighted by molar-refractivity contribution is 0.220. The zero-order valence-corrected chi connectivity index (χ0v) is 50.3. The minimum Gasteiger partial charge on any atom is -0.494 e. The van der Waals surface area contributed by atoms with Gasteiger partial charge in [0.25, 0.3) is 20.2 Å². The van der Waals surface area contributed by atoms with E-state index in [0.717, 1.165) is 86.4 Å². The van der Waals surface area contributed by atoms with Crippen LogP contribution in [0.5, 0.6) is 57.5 Å². The topological polar surface area (TPSA) is 329 Å². The Bertz CT molecular complexity index is 3310. The summed E-state index contributed by atoms with van der Waals surface area (Å²) < 4.78 is 103. The van der Waals surface area contributed by atoms with Gasteiger partial charge in [0.1, 0.15) is 28.9 Å². The Morgan fingerprint density at radius 3 is 1.54 bits per heavy atom. The number of aliphatic hydroxyl groups excluding tert-OH is 2. The van der Waals surface area contributed by atoms with Crippen LogP contribution >= 0.6 is 0 Å². The molecule has 22 nitrogen and oxygen atoms in total. The molecule has 6 bridgehead atoms. The van der Waals surface area contributed by atoms with Gasteiger partial charge < -0.3 is 59.6 Å². The summed E-state index contributed by atoms with van der Waals surface area (Å²) in [6, 6.07) is 35.6. The Labute approximate surface area is 497 Å². The largest absolute Gasteiger partial charge is 0.494 e. The van der Waals surface area contributed by atoms with Gasteiger partial charge in [-0.25, -0.2) is 0 Å². The molecule has 4 aliphatic heterocycles. The summed E-state index contributed by atoms with van der Waals surface area (Å²) in [5, 5.41) is 30.4. The van der Waals surface area contributed by atoms with Crippen molar-refractivity contribution in [1.82, 2.24) is 9.80 Å². The van der Waals surface area contributed by atoms with Gasteiger partial charge in [-0.05, 0) is 178 Å². The summed E-state index contributed by atoms with van der Waals surface area (Å²) >= 11 is 0. The van der Waals surface area contributed by atoms with Crippen LogP contribution in [0.1, 0.15) is 75.9 Å². The third-order valence-electron chi connectivity index (χ3n) is 14.2. The minimum absolute atomic E-state index is 0.000437. The van der Waals surface area contributed by atoms with Gasteiger partial charge in [0.05, 0.1) is 66.4 Å². The van der Waals surface area contributed by atoms with Gasteiger partial charge in [0, 0.05) is 41.9 Å². The van der Waals surface area contributed by atoms with Gasteiger partial charge in [0.2, 0.25) is 5.75 Å². The Hall–Kier alpha value is -7.68. The number of methoxy groups -OCH3 is 4. The third-order valence-corrected chi connectivity index (χ3v) is 15.6. The fraction of sp³-hybridized carbons (Fsp3) is 0.377. The van der Waals surface area contributed by atoms with E-state index in [1.165, 1.54) is 22.3 Å². The zero-order valence-electron chi connectivity index (χ0n) is 48.7. The van der Waals surface area contributed by atoms with E-state index in [1.54, 1.807) is 52.7 Å². The van der Waals surface area contributed by atoms with Crippen molar-refractivity contribution in [1.29, 1.82) is 10.8 Å². The van der Waals surface area contributed by atoms with Crippen molar-refractivity contribution >= 4 is 31.9 Å². The average Bonchev–Trinajstić information content (AvgIpc) is 1.33. The average molecular weight is 1220 g/mol. The Balaban J connectivity index is 0.000000247. The molecule has 0 aliphatic carbocycles. The fourth-order valence-electron chi connectivity index (χ4n) is 9.73. The Kier molecular flexibility index (Phi) is 24.6. The van der Waals surface area contributed by atoms with Crippen LogP contribution in [0.2, 0.25) is 0 Å². The Morgan fingerprint density at radius 2 is 1.06 bits per heavy atom. The summed E-state index contributed by atoms with van der Waals surface area (Å²) in [5.41, 5.74) is 19.4. The molecule has 0 radical (unpaired) electrons. The Morgan fingerprint density at radius 1 is 0.576 bits per heavy atom. The predicted octanol–water partition coefficient (Wildman–Crippen LogP) is 7.78. The van der Waals surface area contributed by atoms with Gasteiger partial charge in [0.15, 0.2) is 34.5 Å². The molecule has 0 spiro atoms. The van der Waals surface area contributed by atoms with Gasteiger partial charge in [-0.2, -0.15) is 16.8 Å². The second-order valence-corrected chi connectivity index (χ2v) is 23.2. The molecule has 85 heavy (non-hydrogen) atoms. The predicted molar refractivity (Wildman–Crippen MR) is 324 cm³/mol. The third kappa shape index (κ3) is 19.4. The lowest BCUT2D eigenvalue weighted by Crippen LogP contribution is -2.34. The molecular weight excluding hydrogens is 1140 g/mol. The number of unbranched alkanes of at least 4 members (excludes halogenated alkanes) is 2. The van der Waals surface area contributed by atoms with Gasteiger partial charge in [-0.15, -0.1) is 0 Å². The van der Waals surface area contributed by atoms with Crippen LogP contribution in [0.3, 0.4) is 0 Å². The number of nitrogens with two attached hydrogens (primary N) is 2. The summed E-state index contributed by atoms with van der Waals surface area (Å²) in [6.07, 6.45) is 6.27. The maximum atomic E-state index is 9.63. The molecule has 0 saturated carbocycles. The second-order valence-electron chi connectivity index (χ2n) is 20.1. The monoisotopic (exact) mass is 1210 g/mol. The van der Waals surface area contributed by atoms with Crippen molar-refractivity contribution in [3.8, 4) is 57.5 Å². The first-order valence-corrected chi connectivity index (χ1v) is 30.6. The van der Waals surface area contributed by atoms with Gasteiger partial charge in [-0.3, -0.25) is 29.7 Å². The van der Waals surface area contributed by atoms with E-state index in [4.69, 9.17) is 79.5 Å². The molecule has 0 fully saturated rings. The number of rotatable bonds is 18. The van der Waals surface area contributed by atoms with E-state index in [1.807, 2.05) is 42.5 Å². The van der Waals surface area contributed by atoms with Crippen LogP contribution in [0.4, 0.5) is 0 Å². The standard InChI is InChI=1S/C38H42N2O6.C19H24N4O2.2C2H6O4S/c1-39-15-13-25-20-32(42-4)34-22-28(25)29(39)17-23-7-10-27(11-8-23)45-33-19-24(9-12-31(33)41-3)18-30-36-26(14-16-40(30)2)21-35(43-5)37(44-6)38(36)46-34;20-18(21)14-4-8-16(9-5-14)24-12-2-1-3-13-25-17-10-6-15(7-11-17)19(22)23;2*3-1-2-7(4,5)6/h7-12,19-22,29-30H,13-18H2,1-6H3;4-11H,1-3,12-13H2,(H3,20,21)(H3,22,23);2*3H,1-2H2,(H,4,5,6). The van der Waals surface area contributed by atoms with Gasteiger partial charge in [-0.1, -0.05) is 18.2 Å². The van der Waals surface area contributed by atoms with E-state index >= 15 is 0 Å².